The third kappa shape index (κ3) is 5.64. The molecule has 1 aromatic heterocycles. The first-order valence-electron chi connectivity index (χ1n) is 8.01. The summed E-state index contributed by atoms with van der Waals surface area (Å²) < 4.78 is 10.2. The topological polar surface area (TPSA) is 129 Å². The third-order valence-electron chi connectivity index (χ3n) is 3.41. The number of methoxy groups -OCH3 is 2. The number of thioether (sulfide) groups is 1. The SMILES string of the molecule is COc1cc(OC)c([N+](=O)[O-])cc1/C=N\NC(=O)CSc1nc(C)cc(C)n1. The number of ether oxygens (including phenoxy) is 2. The van der Waals surface area contributed by atoms with Gasteiger partial charge in [0.05, 0.1) is 31.1 Å². The maximum atomic E-state index is 11.9. The van der Waals surface area contributed by atoms with Crippen molar-refractivity contribution >= 4 is 29.6 Å². The lowest BCUT2D eigenvalue weighted by Gasteiger charge is -2.08. The molecule has 28 heavy (non-hydrogen) atoms. The predicted octanol–water partition coefficient (Wildman–Crippen LogP) is 2.26. The lowest BCUT2D eigenvalue weighted by Crippen LogP contribution is -2.20. The predicted molar refractivity (Wildman–Crippen MR) is 104 cm³/mol. The summed E-state index contributed by atoms with van der Waals surface area (Å²) in [6.45, 7) is 3.70. The summed E-state index contributed by atoms with van der Waals surface area (Å²) in [6, 6.07) is 4.48. The molecule has 1 N–H and O–H groups in total. The summed E-state index contributed by atoms with van der Waals surface area (Å²) in [4.78, 5) is 31.0. The van der Waals surface area contributed by atoms with Crippen LogP contribution in [0.25, 0.3) is 0 Å². The average Bonchev–Trinajstić information content (AvgIpc) is 2.65. The summed E-state index contributed by atoms with van der Waals surface area (Å²) in [7, 11) is 2.74. The number of carbonyl (C=O) groups excluding carboxylic acids is 1. The molecule has 2 rings (SSSR count). The zero-order valence-electron chi connectivity index (χ0n) is 15.8. The molecule has 0 fully saturated rings. The Bertz CT molecular complexity index is 899. The van der Waals surface area contributed by atoms with Crippen molar-refractivity contribution in [3.63, 3.8) is 0 Å². The monoisotopic (exact) mass is 405 g/mol. The van der Waals surface area contributed by atoms with E-state index in [0.717, 1.165) is 11.4 Å². The molecular weight excluding hydrogens is 386 g/mol. The maximum absolute atomic E-state index is 11.9. The van der Waals surface area contributed by atoms with Crippen LogP contribution in [0.1, 0.15) is 17.0 Å². The number of aryl methyl sites for hydroxylation is 2. The first-order chi connectivity index (χ1) is 13.3. The fourth-order valence-corrected chi connectivity index (χ4v) is 2.99. The van der Waals surface area contributed by atoms with E-state index >= 15 is 0 Å². The second-order valence-corrected chi connectivity index (χ2v) is 6.48. The summed E-state index contributed by atoms with van der Waals surface area (Å²) >= 11 is 1.18. The van der Waals surface area contributed by atoms with Crippen molar-refractivity contribution in [2.24, 2.45) is 5.10 Å². The average molecular weight is 405 g/mol. The zero-order chi connectivity index (χ0) is 20.7. The van der Waals surface area contributed by atoms with Gasteiger partial charge in [0.2, 0.25) is 5.75 Å². The van der Waals surface area contributed by atoms with Gasteiger partial charge in [-0.05, 0) is 19.9 Å². The van der Waals surface area contributed by atoms with E-state index in [1.54, 1.807) is 0 Å². The number of rotatable bonds is 8. The second kappa shape index (κ2) is 9.65. The van der Waals surface area contributed by atoms with E-state index in [0.29, 0.717) is 16.5 Å². The Balaban J connectivity index is 2.04. The molecule has 10 nitrogen and oxygen atoms in total. The van der Waals surface area contributed by atoms with Gasteiger partial charge in [-0.25, -0.2) is 15.4 Å². The quantitative estimate of drug-likeness (QED) is 0.233. The molecule has 1 aromatic carbocycles. The van der Waals surface area contributed by atoms with Crippen LogP contribution >= 0.6 is 11.8 Å². The van der Waals surface area contributed by atoms with E-state index < -0.39 is 4.92 Å². The second-order valence-electron chi connectivity index (χ2n) is 5.54. The van der Waals surface area contributed by atoms with E-state index in [4.69, 9.17) is 9.47 Å². The van der Waals surface area contributed by atoms with Crippen molar-refractivity contribution in [1.29, 1.82) is 0 Å². The standard InChI is InChI=1S/C17H19N5O5S/c1-10-5-11(2)20-17(19-10)28-9-16(23)21-18-8-12-6-13(22(24)25)15(27-4)7-14(12)26-3/h5-8H,9H2,1-4H3,(H,21,23)/b18-8-. The fourth-order valence-electron chi connectivity index (χ4n) is 2.24. The zero-order valence-corrected chi connectivity index (χ0v) is 16.6. The lowest BCUT2D eigenvalue weighted by atomic mass is 10.1. The number of hydrogen-bond donors (Lipinski definition) is 1. The molecule has 0 unspecified atom stereocenters. The minimum absolute atomic E-state index is 0.0629. The van der Waals surface area contributed by atoms with E-state index in [9.17, 15) is 14.9 Å². The smallest absolute Gasteiger partial charge is 0.311 e. The minimum Gasteiger partial charge on any atom is -0.496 e. The van der Waals surface area contributed by atoms with Crippen LogP contribution in [0.5, 0.6) is 11.5 Å². The van der Waals surface area contributed by atoms with Crippen molar-refractivity contribution in [1.82, 2.24) is 15.4 Å². The van der Waals surface area contributed by atoms with E-state index in [1.165, 1.54) is 44.3 Å². The number of hydrogen-bond acceptors (Lipinski definition) is 9. The Morgan fingerprint density at radius 3 is 2.43 bits per heavy atom. The molecule has 1 heterocycles. The van der Waals surface area contributed by atoms with Crippen LogP contribution in [0.4, 0.5) is 5.69 Å². The van der Waals surface area contributed by atoms with Crippen LogP contribution in [0.15, 0.2) is 28.5 Å². The molecule has 0 spiro atoms. The fraction of sp³-hybridized carbons (Fsp3) is 0.294. The summed E-state index contributed by atoms with van der Waals surface area (Å²) in [5, 5.41) is 15.5. The third-order valence-corrected chi connectivity index (χ3v) is 4.26. The highest BCUT2D eigenvalue weighted by Gasteiger charge is 2.18. The van der Waals surface area contributed by atoms with Gasteiger partial charge >= 0.3 is 5.69 Å². The number of nitrogens with one attached hydrogen (secondary N) is 1. The van der Waals surface area contributed by atoms with E-state index in [1.807, 2.05) is 19.9 Å². The van der Waals surface area contributed by atoms with Gasteiger partial charge in [-0.2, -0.15) is 5.10 Å². The van der Waals surface area contributed by atoms with Gasteiger partial charge in [0.1, 0.15) is 5.75 Å². The van der Waals surface area contributed by atoms with Crippen LogP contribution in [0, 0.1) is 24.0 Å². The first kappa shape index (κ1) is 21.1. The number of benzene rings is 1. The normalized spacial score (nSPS) is 10.7. The molecule has 0 aliphatic heterocycles. The van der Waals surface area contributed by atoms with Gasteiger partial charge < -0.3 is 9.47 Å². The molecule has 0 saturated heterocycles. The first-order valence-corrected chi connectivity index (χ1v) is 9.00. The molecule has 0 aliphatic rings. The molecular formula is C17H19N5O5S. The summed E-state index contributed by atoms with van der Waals surface area (Å²) in [5.74, 6) is 0.0810. The van der Waals surface area contributed by atoms with Crippen LogP contribution in [-0.4, -0.2) is 47.0 Å². The van der Waals surface area contributed by atoms with Crippen molar-refractivity contribution in [3.05, 3.63) is 45.3 Å². The summed E-state index contributed by atoms with van der Waals surface area (Å²) in [5.41, 5.74) is 4.08. The molecule has 0 saturated carbocycles. The molecule has 0 bridgehead atoms. The van der Waals surface area contributed by atoms with Crippen LogP contribution < -0.4 is 14.9 Å². The van der Waals surface area contributed by atoms with Gasteiger partial charge in [-0.15, -0.1) is 0 Å². The van der Waals surface area contributed by atoms with Crippen molar-refractivity contribution in [3.8, 4) is 11.5 Å². The van der Waals surface area contributed by atoms with E-state index in [-0.39, 0.29) is 23.1 Å². The molecule has 0 radical (unpaired) electrons. The van der Waals surface area contributed by atoms with Gasteiger partial charge in [-0.1, -0.05) is 11.8 Å². The molecule has 0 atom stereocenters. The van der Waals surface area contributed by atoms with Crippen LogP contribution in [-0.2, 0) is 4.79 Å². The van der Waals surface area contributed by atoms with Crippen molar-refractivity contribution < 1.29 is 19.2 Å². The number of nitro benzene ring substituents is 1. The number of carbonyl (C=O) groups is 1. The number of aromatic nitrogens is 2. The molecule has 0 aliphatic carbocycles. The number of nitrogens with zero attached hydrogens (tertiary/aromatic N) is 4. The highest BCUT2D eigenvalue weighted by molar-refractivity contribution is 7.99. The van der Waals surface area contributed by atoms with Crippen LogP contribution in [0.3, 0.4) is 0 Å². The number of amides is 1. The van der Waals surface area contributed by atoms with Crippen LogP contribution in [0.2, 0.25) is 0 Å². The van der Waals surface area contributed by atoms with Gasteiger partial charge in [-0.3, -0.25) is 14.9 Å². The van der Waals surface area contributed by atoms with Crippen molar-refractivity contribution in [2.75, 3.05) is 20.0 Å². The maximum Gasteiger partial charge on any atom is 0.311 e. The molecule has 148 valence electrons. The molecule has 11 heteroatoms. The van der Waals surface area contributed by atoms with Gasteiger partial charge in [0.25, 0.3) is 5.91 Å². The van der Waals surface area contributed by atoms with Gasteiger partial charge in [0.15, 0.2) is 5.16 Å². The van der Waals surface area contributed by atoms with Gasteiger partial charge in [0, 0.05) is 29.1 Å². The Morgan fingerprint density at radius 1 is 1.21 bits per heavy atom. The van der Waals surface area contributed by atoms with E-state index in [2.05, 4.69) is 20.5 Å². The highest BCUT2D eigenvalue weighted by atomic mass is 32.2. The Hall–Kier alpha value is -3.21. The number of nitro groups is 1. The lowest BCUT2D eigenvalue weighted by molar-refractivity contribution is -0.385. The Labute approximate surface area is 165 Å². The number of hydrazone groups is 1. The Morgan fingerprint density at radius 2 is 1.86 bits per heavy atom. The minimum atomic E-state index is -0.575. The highest BCUT2D eigenvalue weighted by Crippen LogP contribution is 2.33. The largest absolute Gasteiger partial charge is 0.496 e. The van der Waals surface area contributed by atoms with Crippen molar-refractivity contribution in [2.45, 2.75) is 19.0 Å². The molecule has 2 aromatic rings. The Kier molecular flexibility index (Phi) is 7.27. The molecule has 1 amide bonds. The summed E-state index contributed by atoms with van der Waals surface area (Å²) in [6.07, 6.45) is 1.27.